The Kier molecular flexibility index (Phi) is 4.33. The molecule has 100 valence electrons. The molecule has 2 saturated heterocycles. The zero-order valence-corrected chi connectivity index (χ0v) is 10.4. The molecule has 2 rings (SSSR count). The fourth-order valence-corrected chi connectivity index (χ4v) is 2.66. The Morgan fingerprint density at radius 2 is 2.00 bits per heavy atom. The van der Waals surface area contributed by atoms with Crippen molar-refractivity contribution < 1.29 is 9.59 Å². The van der Waals surface area contributed by atoms with Crippen LogP contribution in [0.15, 0.2) is 12.7 Å². The Labute approximate surface area is 107 Å². The predicted octanol–water partition coefficient (Wildman–Crippen LogP) is -0.851. The van der Waals surface area contributed by atoms with Crippen molar-refractivity contribution >= 4 is 11.9 Å². The molecular weight excluding hydrogens is 232 g/mol. The number of hydrogen-bond donors (Lipinski definition) is 3. The fraction of sp³-hybridized carbons (Fsp3) is 0.667. The van der Waals surface area contributed by atoms with Crippen LogP contribution in [0.25, 0.3) is 0 Å². The molecule has 2 heterocycles. The van der Waals surface area contributed by atoms with E-state index in [0.717, 1.165) is 26.2 Å². The maximum Gasteiger partial charge on any atom is 0.321 e. The molecule has 2 fully saturated rings. The molecule has 18 heavy (non-hydrogen) atoms. The quantitative estimate of drug-likeness (QED) is 0.570. The number of amides is 3. The third-order valence-corrected chi connectivity index (χ3v) is 3.49. The highest BCUT2D eigenvalue weighted by Gasteiger charge is 2.36. The molecule has 0 unspecified atom stereocenters. The van der Waals surface area contributed by atoms with E-state index in [1.165, 1.54) is 0 Å². The van der Waals surface area contributed by atoms with Crippen LogP contribution in [0.5, 0.6) is 0 Å². The van der Waals surface area contributed by atoms with Gasteiger partial charge in [-0.2, -0.15) is 0 Å². The van der Waals surface area contributed by atoms with E-state index in [2.05, 4.69) is 27.4 Å². The molecule has 2 atom stereocenters. The van der Waals surface area contributed by atoms with Crippen molar-refractivity contribution in [2.75, 3.05) is 39.3 Å². The summed E-state index contributed by atoms with van der Waals surface area (Å²) in [4.78, 5) is 25.0. The van der Waals surface area contributed by atoms with Crippen LogP contribution in [-0.2, 0) is 4.79 Å². The maximum atomic E-state index is 11.6. The van der Waals surface area contributed by atoms with Crippen LogP contribution in [0.1, 0.15) is 0 Å². The Morgan fingerprint density at radius 1 is 1.33 bits per heavy atom. The predicted molar refractivity (Wildman–Crippen MR) is 68.0 cm³/mol. The summed E-state index contributed by atoms with van der Waals surface area (Å²) in [5, 5.41) is 8.18. The molecule has 0 bridgehead atoms. The molecule has 0 spiro atoms. The highest BCUT2D eigenvalue weighted by Crippen LogP contribution is 2.25. The van der Waals surface area contributed by atoms with Crippen LogP contribution >= 0.6 is 0 Å². The zero-order valence-electron chi connectivity index (χ0n) is 10.4. The topological polar surface area (TPSA) is 73.5 Å². The number of imide groups is 1. The number of hydrogen-bond acceptors (Lipinski definition) is 4. The summed E-state index contributed by atoms with van der Waals surface area (Å²) in [7, 11) is 0. The van der Waals surface area contributed by atoms with E-state index in [0.29, 0.717) is 24.9 Å². The monoisotopic (exact) mass is 252 g/mol. The average molecular weight is 252 g/mol. The summed E-state index contributed by atoms with van der Waals surface area (Å²) in [6.07, 6.45) is 1.57. The molecular formula is C12H20N4O2. The summed E-state index contributed by atoms with van der Waals surface area (Å²) >= 11 is 0. The van der Waals surface area contributed by atoms with Gasteiger partial charge in [0.25, 0.3) is 0 Å². The van der Waals surface area contributed by atoms with E-state index in [1.54, 1.807) is 6.08 Å². The van der Waals surface area contributed by atoms with Crippen LogP contribution in [0, 0.1) is 11.8 Å². The lowest BCUT2D eigenvalue weighted by Crippen LogP contribution is -2.44. The minimum absolute atomic E-state index is 0.246. The molecule has 0 aliphatic carbocycles. The number of carbonyl (C=O) groups excluding carboxylic acids is 2. The van der Waals surface area contributed by atoms with E-state index < -0.39 is 6.03 Å². The van der Waals surface area contributed by atoms with E-state index in [1.807, 2.05) is 0 Å². The maximum absolute atomic E-state index is 11.6. The van der Waals surface area contributed by atoms with E-state index >= 15 is 0 Å². The van der Waals surface area contributed by atoms with Gasteiger partial charge in [0.1, 0.15) is 0 Å². The summed E-state index contributed by atoms with van der Waals surface area (Å²) in [5.41, 5.74) is 0. The van der Waals surface area contributed by atoms with E-state index in [9.17, 15) is 9.59 Å². The van der Waals surface area contributed by atoms with Crippen molar-refractivity contribution in [3.63, 3.8) is 0 Å². The van der Waals surface area contributed by atoms with Crippen LogP contribution < -0.4 is 16.0 Å². The lowest BCUT2D eigenvalue weighted by atomic mass is 10.0. The highest BCUT2D eigenvalue weighted by molar-refractivity contribution is 5.95. The molecule has 0 saturated carbocycles. The minimum atomic E-state index is -0.457. The average Bonchev–Trinajstić information content (AvgIpc) is 2.86. The van der Waals surface area contributed by atoms with E-state index in [-0.39, 0.29) is 5.91 Å². The largest absolute Gasteiger partial charge is 0.334 e. The van der Waals surface area contributed by atoms with Gasteiger partial charge < -0.3 is 10.6 Å². The van der Waals surface area contributed by atoms with Crippen LogP contribution in [-0.4, -0.2) is 56.1 Å². The fourth-order valence-electron chi connectivity index (χ4n) is 2.66. The molecule has 6 nitrogen and oxygen atoms in total. The third-order valence-electron chi connectivity index (χ3n) is 3.49. The Morgan fingerprint density at radius 3 is 2.61 bits per heavy atom. The molecule has 2 aliphatic heterocycles. The number of nitrogens with one attached hydrogen (secondary N) is 3. The Hall–Kier alpha value is -1.40. The standard InChI is InChI=1S/C12H20N4O2/c1-2-3-14-12(18)15-11(17)8-16-6-9-4-13-5-10(9)7-16/h2,9-10,13H,1,3-8H2,(H2,14,15,17,18)/t9-,10+. The van der Waals surface area contributed by atoms with Crippen LogP contribution in [0.3, 0.4) is 0 Å². The molecule has 0 aromatic heterocycles. The molecule has 3 N–H and O–H groups in total. The van der Waals surface area contributed by atoms with Gasteiger partial charge >= 0.3 is 6.03 Å². The zero-order chi connectivity index (χ0) is 13.0. The normalized spacial score (nSPS) is 26.7. The second-order valence-electron chi connectivity index (χ2n) is 4.92. The molecule has 0 aromatic rings. The molecule has 2 aliphatic rings. The third kappa shape index (κ3) is 3.30. The lowest BCUT2D eigenvalue weighted by molar-refractivity contribution is -0.121. The number of carbonyl (C=O) groups is 2. The van der Waals surface area contributed by atoms with Crippen molar-refractivity contribution in [2.45, 2.75) is 0 Å². The van der Waals surface area contributed by atoms with Crippen LogP contribution in [0.2, 0.25) is 0 Å². The summed E-state index contributed by atoms with van der Waals surface area (Å²) in [6.45, 7) is 8.12. The van der Waals surface area contributed by atoms with Gasteiger partial charge in [0.05, 0.1) is 6.54 Å². The molecule has 0 radical (unpaired) electrons. The van der Waals surface area contributed by atoms with Gasteiger partial charge in [-0.1, -0.05) is 6.08 Å². The second-order valence-corrected chi connectivity index (χ2v) is 4.92. The van der Waals surface area contributed by atoms with Crippen molar-refractivity contribution in [3.8, 4) is 0 Å². The van der Waals surface area contributed by atoms with Crippen molar-refractivity contribution in [3.05, 3.63) is 12.7 Å². The first-order valence-corrected chi connectivity index (χ1v) is 6.30. The van der Waals surface area contributed by atoms with Gasteiger partial charge in [0, 0.05) is 19.6 Å². The number of urea groups is 1. The summed E-state index contributed by atoms with van der Waals surface area (Å²) < 4.78 is 0. The number of nitrogens with zero attached hydrogens (tertiary/aromatic N) is 1. The van der Waals surface area contributed by atoms with Crippen LogP contribution in [0.4, 0.5) is 4.79 Å². The first kappa shape index (κ1) is 13.0. The number of rotatable bonds is 4. The van der Waals surface area contributed by atoms with Gasteiger partial charge in [-0.3, -0.25) is 15.0 Å². The molecule has 3 amide bonds. The first-order chi connectivity index (χ1) is 8.69. The van der Waals surface area contributed by atoms with Gasteiger partial charge in [-0.25, -0.2) is 4.79 Å². The second kappa shape index (κ2) is 5.97. The lowest BCUT2D eigenvalue weighted by Gasteiger charge is -2.16. The minimum Gasteiger partial charge on any atom is -0.334 e. The van der Waals surface area contributed by atoms with Crippen molar-refractivity contribution in [1.29, 1.82) is 0 Å². The highest BCUT2D eigenvalue weighted by atomic mass is 16.2. The van der Waals surface area contributed by atoms with E-state index in [4.69, 9.17) is 0 Å². The first-order valence-electron chi connectivity index (χ1n) is 6.30. The SMILES string of the molecule is C=CCNC(=O)NC(=O)CN1C[C@H]2CNC[C@H]2C1. The van der Waals surface area contributed by atoms with Gasteiger partial charge in [-0.05, 0) is 24.9 Å². The van der Waals surface area contributed by atoms with Crippen molar-refractivity contribution in [2.24, 2.45) is 11.8 Å². The van der Waals surface area contributed by atoms with Crippen molar-refractivity contribution in [1.82, 2.24) is 20.9 Å². The number of fused-ring (bicyclic) bond motifs is 1. The van der Waals surface area contributed by atoms with Gasteiger partial charge in [0.2, 0.25) is 5.91 Å². The Bertz CT molecular complexity index is 333. The van der Waals surface area contributed by atoms with Gasteiger partial charge in [0.15, 0.2) is 0 Å². The summed E-state index contributed by atoms with van der Waals surface area (Å²) in [5.74, 6) is 1.07. The summed E-state index contributed by atoms with van der Waals surface area (Å²) in [6, 6.07) is -0.457. The Balaban J connectivity index is 1.68. The number of likely N-dealkylation sites (tertiary alicyclic amines) is 1. The molecule has 6 heteroatoms. The smallest absolute Gasteiger partial charge is 0.321 e. The molecule has 0 aromatic carbocycles. The van der Waals surface area contributed by atoms with Gasteiger partial charge in [-0.15, -0.1) is 6.58 Å².